The van der Waals surface area contributed by atoms with Crippen LogP contribution in [0.5, 0.6) is 17.2 Å². The largest absolute Gasteiger partial charge is 0.497 e. The molecule has 1 heterocycles. The number of amides is 2. The predicted octanol–water partition coefficient (Wildman–Crippen LogP) is 6.18. The van der Waals surface area contributed by atoms with E-state index < -0.39 is 11.1 Å². The molecule has 0 aliphatic carbocycles. The van der Waals surface area contributed by atoms with Crippen LogP contribution in [0.15, 0.2) is 71.6 Å². The number of nitrogens with zero attached hydrogens (tertiary/aromatic N) is 1. The second kappa shape index (κ2) is 10.0. The summed E-state index contributed by atoms with van der Waals surface area (Å²) in [6.45, 7) is 0.273. The van der Waals surface area contributed by atoms with Gasteiger partial charge < -0.3 is 14.2 Å². The number of rotatable bonds is 7. The van der Waals surface area contributed by atoms with E-state index in [1.807, 2.05) is 36.4 Å². The molecule has 0 radical (unpaired) electrons. The van der Waals surface area contributed by atoms with Gasteiger partial charge in [0, 0.05) is 22.2 Å². The van der Waals surface area contributed by atoms with Gasteiger partial charge in [-0.05, 0) is 42.1 Å². The minimum atomic E-state index is -0.436. The van der Waals surface area contributed by atoms with Crippen LogP contribution in [0, 0.1) is 0 Å². The molecule has 3 aromatic carbocycles. The van der Waals surface area contributed by atoms with Crippen molar-refractivity contribution in [3.8, 4) is 17.2 Å². The van der Waals surface area contributed by atoms with Crippen molar-refractivity contribution < 1.29 is 23.8 Å². The molecule has 0 saturated carbocycles. The topological polar surface area (TPSA) is 65.1 Å². The van der Waals surface area contributed by atoms with Crippen LogP contribution in [0.3, 0.4) is 0 Å². The lowest BCUT2D eigenvalue weighted by Gasteiger charge is -2.17. The quantitative estimate of drug-likeness (QED) is 0.375. The van der Waals surface area contributed by atoms with E-state index in [0.29, 0.717) is 33.5 Å². The molecule has 6 nitrogen and oxygen atoms in total. The zero-order valence-electron chi connectivity index (χ0n) is 17.9. The molecule has 1 aliphatic rings. The summed E-state index contributed by atoms with van der Waals surface area (Å²) in [5, 5.41) is 0.203. The average Bonchev–Trinajstić information content (AvgIpc) is 3.11. The van der Waals surface area contributed by atoms with Crippen LogP contribution in [-0.2, 0) is 11.4 Å². The number of benzene rings is 3. The van der Waals surface area contributed by atoms with Gasteiger partial charge in [0.2, 0.25) is 0 Å². The zero-order chi connectivity index (χ0) is 23.4. The highest BCUT2D eigenvalue weighted by molar-refractivity contribution is 8.19. The first-order valence-electron chi connectivity index (χ1n) is 9.97. The lowest BCUT2D eigenvalue weighted by atomic mass is 10.1. The van der Waals surface area contributed by atoms with Crippen molar-refractivity contribution in [3.63, 3.8) is 0 Å². The monoisotopic (exact) mass is 481 g/mol. The lowest BCUT2D eigenvalue weighted by molar-refractivity contribution is -0.113. The van der Waals surface area contributed by atoms with Crippen molar-refractivity contribution in [2.75, 3.05) is 19.1 Å². The Kier molecular flexibility index (Phi) is 6.91. The van der Waals surface area contributed by atoms with Gasteiger partial charge in [0.25, 0.3) is 11.1 Å². The Morgan fingerprint density at radius 1 is 0.939 bits per heavy atom. The van der Waals surface area contributed by atoms with Gasteiger partial charge in [0.1, 0.15) is 23.9 Å². The van der Waals surface area contributed by atoms with Gasteiger partial charge in [-0.1, -0.05) is 48.0 Å². The van der Waals surface area contributed by atoms with Crippen molar-refractivity contribution in [2.24, 2.45) is 0 Å². The fourth-order valence-corrected chi connectivity index (χ4v) is 4.30. The molecule has 33 heavy (non-hydrogen) atoms. The van der Waals surface area contributed by atoms with Gasteiger partial charge in [-0.15, -0.1) is 0 Å². The summed E-state index contributed by atoms with van der Waals surface area (Å²) in [7, 11) is 3.00. The molecule has 8 heteroatoms. The maximum atomic E-state index is 13.1. The Labute approximate surface area is 200 Å². The summed E-state index contributed by atoms with van der Waals surface area (Å²) in [6.07, 6.45) is 1.66. The number of hydrogen-bond acceptors (Lipinski definition) is 6. The summed E-state index contributed by atoms with van der Waals surface area (Å²) >= 11 is 7.08. The molecule has 1 aliphatic heterocycles. The fraction of sp³-hybridized carbons (Fsp3) is 0.120. The van der Waals surface area contributed by atoms with Crippen LogP contribution in [0.1, 0.15) is 11.1 Å². The van der Waals surface area contributed by atoms with Gasteiger partial charge in [0.15, 0.2) is 0 Å². The number of carbonyl (C=O) groups excluding carboxylic acids is 2. The summed E-state index contributed by atoms with van der Waals surface area (Å²) in [4.78, 5) is 27.3. The SMILES string of the molecule is COc1ccc(N2C(=O)S/C(=C\c3ccccc3OCc3ccccc3Cl)C2=O)c(OC)c1. The van der Waals surface area contributed by atoms with E-state index in [1.54, 1.807) is 36.4 Å². The van der Waals surface area contributed by atoms with Gasteiger partial charge >= 0.3 is 0 Å². The van der Waals surface area contributed by atoms with E-state index in [9.17, 15) is 9.59 Å². The van der Waals surface area contributed by atoms with Gasteiger partial charge in [0.05, 0.1) is 24.8 Å². The first-order valence-corrected chi connectivity index (χ1v) is 11.2. The molecule has 0 bridgehead atoms. The molecule has 3 aromatic rings. The Balaban J connectivity index is 1.60. The summed E-state index contributed by atoms with van der Waals surface area (Å²) in [6, 6.07) is 19.7. The van der Waals surface area contributed by atoms with Gasteiger partial charge in [-0.2, -0.15) is 0 Å². The zero-order valence-corrected chi connectivity index (χ0v) is 19.5. The second-order valence-electron chi connectivity index (χ2n) is 6.97. The molecule has 0 aromatic heterocycles. The molecule has 1 saturated heterocycles. The van der Waals surface area contributed by atoms with E-state index >= 15 is 0 Å². The minimum Gasteiger partial charge on any atom is -0.497 e. The smallest absolute Gasteiger partial charge is 0.298 e. The highest BCUT2D eigenvalue weighted by Gasteiger charge is 2.38. The number of ether oxygens (including phenoxy) is 3. The van der Waals surface area contributed by atoms with Crippen molar-refractivity contribution in [2.45, 2.75) is 6.61 Å². The maximum Gasteiger partial charge on any atom is 0.298 e. The lowest BCUT2D eigenvalue weighted by Crippen LogP contribution is -2.28. The molecule has 168 valence electrons. The molecule has 2 amide bonds. The number of methoxy groups -OCH3 is 2. The maximum absolute atomic E-state index is 13.1. The van der Waals surface area contributed by atoms with Crippen molar-refractivity contribution in [1.29, 1.82) is 0 Å². The number of imide groups is 1. The van der Waals surface area contributed by atoms with E-state index in [1.165, 1.54) is 14.2 Å². The summed E-state index contributed by atoms with van der Waals surface area (Å²) in [5.41, 5.74) is 1.88. The first kappa shape index (κ1) is 22.8. The van der Waals surface area contributed by atoms with Crippen molar-refractivity contribution in [3.05, 3.63) is 87.8 Å². The Hall–Kier alpha value is -3.42. The van der Waals surface area contributed by atoms with Crippen LogP contribution in [0.4, 0.5) is 10.5 Å². The van der Waals surface area contributed by atoms with E-state index in [-0.39, 0.29) is 11.5 Å². The molecule has 0 N–H and O–H groups in total. The first-order chi connectivity index (χ1) is 16.0. The third-order valence-electron chi connectivity index (χ3n) is 4.97. The highest BCUT2D eigenvalue weighted by atomic mass is 35.5. The van der Waals surface area contributed by atoms with Gasteiger partial charge in [-0.25, -0.2) is 4.90 Å². The Bertz CT molecular complexity index is 1240. The third-order valence-corrected chi connectivity index (χ3v) is 6.21. The molecule has 4 rings (SSSR count). The molecule has 1 fully saturated rings. The van der Waals surface area contributed by atoms with Crippen LogP contribution >= 0.6 is 23.4 Å². The van der Waals surface area contributed by atoms with Crippen LogP contribution in [0.25, 0.3) is 6.08 Å². The predicted molar refractivity (Wildman–Crippen MR) is 130 cm³/mol. The number of thioether (sulfide) groups is 1. The molecular weight excluding hydrogens is 462 g/mol. The Morgan fingerprint density at radius 2 is 1.70 bits per heavy atom. The van der Waals surface area contributed by atoms with Crippen LogP contribution in [0.2, 0.25) is 5.02 Å². The molecule has 0 unspecified atom stereocenters. The summed E-state index contributed by atoms with van der Waals surface area (Å²) < 4.78 is 16.5. The van der Waals surface area contributed by atoms with Crippen molar-refractivity contribution >= 4 is 46.3 Å². The molecule has 0 atom stereocenters. The Morgan fingerprint density at radius 3 is 2.45 bits per heavy atom. The normalized spacial score (nSPS) is 14.6. The number of anilines is 1. The highest BCUT2D eigenvalue weighted by Crippen LogP contribution is 2.41. The number of hydrogen-bond donors (Lipinski definition) is 0. The number of carbonyl (C=O) groups is 2. The van der Waals surface area contributed by atoms with E-state index in [4.69, 9.17) is 25.8 Å². The number of halogens is 1. The number of para-hydroxylation sites is 1. The fourth-order valence-electron chi connectivity index (χ4n) is 3.29. The molecular formula is C25H20ClNO5S. The van der Waals surface area contributed by atoms with Crippen LogP contribution in [-0.4, -0.2) is 25.4 Å². The van der Waals surface area contributed by atoms with E-state index in [2.05, 4.69) is 0 Å². The summed E-state index contributed by atoms with van der Waals surface area (Å²) in [5.74, 6) is 1.06. The third kappa shape index (κ3) is 4.84. The van der Waals surface area contributed by atoms with Crippen molar-refractivity contribution in [1.82, 2.24) is 0 Å². The second-order valence-corrected chi connectivity index (χ2v) is 8.37. The average molecular weight is 482 g/mol. The van der Waals surface area contributed by atoms with E-state index in [0.717, 1.165) is 22.2 Å². The van der Waals surface area contributed by atoms with Crippen LogP contribution < -0.4 is 19.1 Å². The standard InChI is InChI=1S/C25H20ClNO5S/c1-30-18-11-12-20(22(14-18)31-2)27-24(28)23(33-25(27)29)13-16-7-4-6-10-21(16)32-15-17-8-3-5-9-19(17)26/h3-14H,15H2,1-2H3/b23-13-. The minimum absolute atomic E-state index is 0.273. The molecule has 0 spiro atoms. The van der Waals surface area contributed by atoms with Gasteiger partial charge in [-0.3, -0.25) is 9.59 Å².